The maximum atomic E-state index is 10.0. The van der Waals surface area contributed by atoms with Gasteiger partial charge in [-0.2, -0.15) is 0 Å². The highest BCUT2D eigenvalue weighted by Crippen LogP contribution is 2.23. The Morgan fingerprint density at radius 2 is 1.05 bits per heavy atom. The van der Waals surface area contributed by atoms with Crippen molar-refractivity contribution in [3.05, 3.63) is 0 Å². The van der Waals surface area contributed by atoms with Gasteiger partial charge in [0.2, 0.25) is 0 Å². The summed E-state index contributed by atoms with van der Waals surface area (Å²) < 4.78 is 0. The Bertz CT molecular complexity index is 255. The fourth-order valence-electron chi connectivity index (χ4n) is 3.24. The maximum absolute atomic E-state index is 10.0. The lowest BCUT2D eigenvalue weighted by molar-refractivity contribution is -0.130. The summed E-state index contributed by atoms with van der Waals surface area (Å²) in [7, 11) is 10.6. The van der Waals surface area contributed by atoms with Gasteiger partial charge in [-0.05, 0) is 61.4 Å². The molecule has 0 heterocycles. The van der Waals surface area contributed by atoms with Gasteiger partial charge in [-0.3, -0.25) is 19.6 Å². The molecule has 0 aliphatic heterocycles. The van der Waals surface area contributed by atoms with Crippen LogP contribution in [0.2, 0.25) is 0 Å². The molecule has 0 rings (SSSR count). The minimum absolute atomic E-state index is 0.213. The molecule has 0 bridgehead atoms. The van der Waals surface area contributed by atoms with E-state index in [1.54, 1.807) is 0 Å². The smallest absolute Gasteiger partial charge is 0.105 e. The predicted octanol–water partition coefficient (Wildman–Crippen LogP) is 1.89. The molecule has 0 aliphatic rings. The van der Waals surface area contributed by atoms with E-state index in [-0.39, 0.29) is 6.17 Å². The third-order valence-electron chi connectivity index (χ3n) is 4.38. The van der Waals surface area contributed by atoms with Gasteiger partial charge in [0.15, 0.2) is 0 Å². The maximum Gasteiger partial charge on any atom is 0.105 e. The van der Waals surface area contributed by atoms with Gasteiger partial charge in [0.25, 0.3) is 0 Å². The molecule has 0 radical (unpaired) electrons. The van der Waals surface area contributed by atoms with Gasteiger partial charge in [0, 0.05) is 0 Å². The van der Waals surface area contributed by atoms with Crippen molar-refractivity contribution in [2.24, 2.45) is 0 Å². The van der Waals surface area contributed by atoms with Crippen molar-refractivity contribution in [3.63, 3.8) is 0 Å². The van der Waals surface area contributed by atoms with E-state index in [1.807, 2.05) is 14.0 Å². The van der Waals surface area contributed by atoms with Crippen molar-refractivity contribution < 1.29 is 5.11 Å². The summed E-state index contributed by atoms with van der Waals surface area (Å²) in [6.07, 6.45) is 3.56. The molecule has 0 fully saturated rings. The molecule has 0 aromatic rings. The highest BCUT2D eigenvalue weighted by Gasteiger charge is 2.35. The Labute approximate surface area is 132 Å². The molecule has 5 nitrogen and oxygen atoms in total. The van der Waals surface area contributed by atoms with Crippen molar-refractivity contribution in [1.82, 2.24) is 19.6 Å². The molecule has 128 valence electrons. The van der Waals surface area contributed by atoms with Crippen LogP contribution in [0.4, 0.5) is 0 Å². The van der Waals surface area contributed by atoms with E-state index in [9.17, 15) is 5.11 Å². The van der Waals surface area contributed by atoms with Gasteiger partial charge in [-0.1, -0.05) is 20.8 Å². The largest absolute Gasteiger partial charge is 0.379 e. The zero-order valence-electron chi connectivity index (χ0n) is 15.7. The third-order valence-corrected chi connectivity index (χ3v) is 4.38. The van der Waals surface area contributed by atoms with Crippen molar-refractivity contribution in [1.29, 1.82) is 0 Å². The molecule has 5 heteroatoms. The molecule has 0 saturated heterocycles. The van der Waals surface area contributed by atoms with Crippen LogP contribution in [-0.2, 0) is 0 Å². The lowest BCUT2D eigenvalue weighted by atomic mass is 10.1. The lowest BCUT2D eigenvalue weighted by Gasteiger charge is -2.50. The van der Waals surface area contributed by atoms with Crippen molar-refractivity contribution in [2.75, 3.05) is 35.2 Å². The lowest BCUT2D eigenvalue weighted by Crippen LogP contribution is -2.63. The van der Waals surface area contributed by atoms with Crippen LogP contribution in [0, 0.1) is 0 Å². The zero-order valence-corrected chi connectivity index (χ0v) is 15.7. The Kier molecular flexibility index (Phi) is 9.65. The summed E-state index contributed by atoms with van der Waals surface area (Å²) in [6.45, 7) is 8.50. The van der Waals surface area contributed by atoms with Crippen LogP contribution in [0.25, 0.3) is 0 Å². The van der Waals surface area contributed by atoms with E-state index in [2.05, 4.69) is 68.6 Å². The molecule has 0 spiro atoms. The van der Waals surface area contributed by atoms with Gasteiger partial charge >= 0.3 is 0 Å². The molecule has 4 atom stereocenters. The normalized spacial score (nSPS) is 18.6. The van der Waals surface area contributed by atoms with Gasteiger partial charge < -0.3 is 5.11 Å². The third kappa shape index (κ3) is 5.49. The Morgan fingerprint density at radius 3 is 1.24 bits per heavy atom. The van der Waals surface area contributed by atoms with Gasteiger partial charge in [-0.15, -0.1) is 0 Å². The fraction of sp³-hybridized carbons (Fsp3) is 1.00. The highest BCUT2D eigenvalue weighted by atomic mass is 16.3. The number of aliphatic hydroxyl groups excluding tert-OH is 1. The second kappa shape index (κ2) is 9.74. The van der Waals surface area contributed by atoms with Gasteiger partial charge in [0.1, 0.15) is 6.23 Å². The van der Waals surface area contributed by atoms with E-state index in [4.69, 9.17) is 0 Å². The van der Waals surface area contributed by atoms with Crippen molar-refractivity contribution in [3.8, 4) is 0 Å². The number of hydrogen-bond donors (Lipinski definition) is 1. The standard InChI is InChI=1S/C16H38N4O/c1-10-14(17(5)6)20(15(11-2)18(7)8)16(12-3)19(9)13(4)21/h13-16,21H,10-12H2,1-9H3. The molecule has 0 aliphatic carbocycles. The van der Waals surface area contributed by atoms with Gasteiger partial charge in [-0.25, -0.2) is 0 Å². The monoisotopic (exact) mass is 302 g/mol. The molecule has 1 N–H and O–H groups in total. The van der Waals surface area contributed by atoms with E-state index >= 15 is 0 Å². The van der Waals surface area contributed by atoms with Crippen LogP contribution in [0.3, 0.4) is 0 Å². The molecular formula is C16H38N4O. The van der Waals surface area contributed by atoms with Gasteiger partial charge in [0.05, 0.1) is 18.5 Å². The summed E-state index contributed by atoms with van der Waals surface area (Å²) >= 11 is 0. The predicted molar refractivity (Wildman–Crippen MR) is 90.9 cm³/mol. The quantitative estimate of drug-likeness (QED) is 0.623. The van der Waals surface area contributed by atoms with E-state index in [1.165, 1.54) is 0 Å². The number of hydrogen-bond acceptors (Lipinski definition) is 5. The Balaban J connectivity index is 5.64. The fourth-order valence-corrected chi connectivity index (χ4v) is 3.24. The summed E-state index contributed by atoms with van der Waals surface area (Å²) in [6, 6.07) is 0. The molecule has 0 amide bonds. The topological polar surface area (TPSA) is 33.2 Å². The van der Waals surface area contributed by atoms with E-state index in [0.717, 1.165) is 19.3 Å². The first kappa shape index (κ1) is 20.8. The molecule has 0 aromatic heterocycles. The van der Waals surface area contributed by atoms with Crippen LogP contribution in [-0.4, -0.2) is 84.7 Å². The summed E-state index contributed by atoms with van der Waals surface area (Å²) in [5.41, 5.74) is 0. The molecule has 0 aromatic carbocycles. The molecule has 0 saturated carbocycles. The molecular weight excluding hydrogens is 264 g/mol. The molecule has 21 heavy (non-hydrogen) atoms. The second-order valence-electron chi connectivity index (χ2n) is 6.34. The first-order valence-corrected chi connectivity index (χ1v) is 8.23. The Hall–Kier alpha value is -0.200. The minimum Gasteiger partial charge on any atom is -0.379 e. The number of aliphatic hydroxyl groups is 1. The van der Waals surface area contributed by atoms with Crippen LogP contribution in [0.15, 0.2) is 0 Å². The van der Waals surface area contributed by atoms with Crippen LogP contribution < -0.4 is 0 Å². The number of nitrogens with zero attached hydrogens (tertiary/aromatic N) is 4. The zero-order chi connectivity index (χ0) is 16.7. The second-order valence-corrected chi connectivity index (χ2v) is 6.34. The van der Waals surface area contributed by atoms with E-state index in [0.29, 0.717) is 12.3 Å². The SMILES string of the molecule is CCC(N(C)C)N(C(CC)N(C)C)C(CC)N(C)C(C)O. The first-order chi connectivity index (χ1) is 9.72. The average molecular weight is 303 g/mol. The van der Waals surface area contributed by atoms with Crippen LogP contribution in [0.5, 0.6) is 0 Å². The Morgan fingerprint density at radius 1 is 0.714 bits per heavy atom. The van der Waals surface area contributed by atoms with E-state index < -0.39 is 6.23 Å². The summed E-state index contributed by atoms with van der Waals surface area (Å²) in [5.74, 6) is 0. The van der Waals surface area contributed by atoms with Crippen LogP contribution >= 0.6 is 0 Å². The average Bonchev–Trinajstić information content (AvgIpc) is 2.39. The first-order valence-electron chi connectivity index (χ1n) is 8.23. The highest BCUT2D eigenvalue weighted by molar-refractivity contribution is 4.82. The summed E-state index contributed by atoms with van der Waals surface area (Å²) in [4.78, 5) is 9.18. The van der Waals surface area contributed by atoms with Crippen LogP contribution in [0.1, 0.15) is 47.0 Å². The van der Waals surface area contributed by atoms with Crippen molar-refractivity contribution >= 4 is 0 Å². The minimum atomic E-state index is -0.447. The summed E-state index contributed by atoms with van der Waals surface area (Å²) in [5, 5.41) is 10.0. The molecule has 4 unspecified atom stereocenters. The number of rotatable bonds is 10. The van der Waals surface area contributed by atoms with Crippen molar-refractivity contribution in [2.45, 2.75) is 71.7 Å².